The lowest BCUT2D eigenvalue weighted by Gasteiger charge is -1.99. The summed E-state index contributed by atoms with van der Waals surface area (Å²) in [5.41, 5.74) is 2.08. The van der Waals surface area contributed by atoms with Crippen molar-refractivity contribution in [3.05, 3.63) is 87.7 Å². The molecule has 0 aliphatic rings. The summed E-state index contributed by atoms with van der Waals surface area (Å²) in [6.45, 7) is 0.112. The number of hydrogen-bond donors (Lipinski definition) is 0. The van der Waals surface area contributed by atoms with Crippen molar-refractivity contribution < 1.29 is 14.2 Å². The van der Waals surface area contributed by atoms with E-state index in [1.54, 1.807) is 48.5 Å². The van der Waals surface area contributed by atoms with Crippen LogP contribution >= 0.6 is 0 Å². The van der Waals surface area contributed by atoms with Crippen LogP contribution in [0.1, 0.15) is 16.9 Å². The minimum atomic E-state index is -0.458. The maximum Gasteiger partial charge on any atom is 0.269 e. The third-order valence-electron chi connectivity index (χ3n) is 3.53. The summed E-state index contributed by atoms with van der Waals surface area (Å²) in [6, 6.07) is 18.8. The van der Waals surface area contributed by atoms with Gasteiger partial charge in [-0.2, -0.15) is 5.26 Å². The Kier molecular flexibility index (Phi) is 5.05. The van der Waals surface area contributed by atoms with Gasteiger partial charge >= 0.3 is 0 Å². The molecule has 0 saturated heterocycles. The molecule has 0 aliphatic heterocycles. The van der Waals surface area contributed by atoms with Gasteiger partial charge in [-0.15, -0.1) is 0 Å². The van der Waals surface area contributed by atoms with Crippen LogP contribution in [0, 0.1) is 21.4 Å². The van der Waals surface area contributed by atoms with Crippen molar-refractivity contribution in [1.82, 2.24) is 0 Å². The largest absolute Gasteiger partial charge is 0.455 e. The molecule has 0 radical (unpaired) electrons. The maximum absolute atomic E-state index is 10.7. The topological polar surface area (TPSA) is 102 Å². The molecule has 0 bridgehead atoms. The number of nitrogens with zero attached hydrogens (tertiary/aromatic N) is 3. The van der Waals surface area contributed by atoms with Crippen LogP contribution in [-0.2, 0) is 11.4 Å². The van der Waals surface area contributed by atoms with Crippen molar-refractivity contribution in [2.75, 3.05) is 0 Å². The summed E-state index contributed by atoms with van der Waals surface area (Å²) in [5.74, 6) is 1.15. The number of furan rings is 1. The van der Waals surface area contributed by atoms with Crippen LogP contribution in [0.25, 0.3) is 11.3 Å². The van der Waals surface area contributed by atoms with E-state index in [-0.39, 0.29) is 12.3 Å². The maximum atomic E-state index is 10.7. The number of oxime groups is 1. The number of benzene rings is 2. The Hall–Kier alpha value is -3.92. The Morgan fingerprint density at radius 3 is 2.73 bits per heavy atom. The molecule has 0 aliphatic carbocycles. The van der Waals surface area contributed by atoms with E-state index in [1.807, 2.05) is 0 Å². The first-order valence-electron chi connectivity index (χ1n) is 7.65. The molecule has 0 saturated carbocycles. The minimum absolute atomic E-state index is 0.00757. The third kappa shape index (κ3) is 4.13. The first-order valence-corrected chi connectivity index (χ1v) is 7.65. The molecule has 0 atom stereocenters. The van der Waals surface area contributed by atoms with Gasteiger partial charge in [0.2, 0.25) is 0 Å². The molecule has 0 N–H and O–H groups in total. The fourth-order valence-corrected chi connectivity index (χ4v) is 2.25. The van der Waals surface area contributed by atoms with Gasteiger partial charge in [0.1, 0.15) is 24.3 Å². The highest BCUT2D eigenvalue weighted by atomic mass is 16.6. The molecule has 7 heteroatoms. The van der Waals surface area contributed by atoms with Gasteiger partial charge in [0, 0.05) is 17.7 Å². The first-order chi connectivity index (χ1) is 12.7. The zero-order chi connectivity index (χ0) is 18.4. The average Bonchev–Trinajstić information content (AvgIpc) is 3.14. The number of nitro benzene ring substituents is 1. The van der Waals surface area contributed by atoms with Crippen molar-refractivity contribution in [3.63, 3.8) is 0 Å². The van der Waals surface area contributed by atoms with Gasteiger partial charge in [-0.1, -0.05) is 17.3 Å². The van der Waals surface area contributed by atoms with E-state index in [0.29, 0.717) is 22.6 Å². The number of non-ortho nitro benzene ring substituents is 1. The summed E-state index contributed by atoms with van der Waals surface area (Å²) in [4.78, 5) is 15.4. The zero-order valence-electron chi connectivity index (χ0n) is 13.5. The summed E-state index contributed by atoms with van der Waals surface area (Å²) in [5, 5.41) is 23.4. The summed E-state index contributed by atoms with van der Waals surface area (Å²) in [7, 11) is 0. The van der Waals surface area contributed by atoms with E-state index in [9.17, 15) is 10.1 Å². The van der Waals surface area contributed by atoms with Gasteiger partial charge in [-0.25, -0.2) is 0 Å². The van der Waals surface area contributed by atoms with Crippen LogP contribution in [0.15, 0.2) is 70.2 Å². The van der Waals surface area contributed by atoms with Gasteiger partial charge in [-0.3, -0.25) is 10.1 Å². The normalized spacial score (nSPS) is 10.6. The highest BCUT2D eigenvalue weighted by Crippen LogP contribution is 2.22. The van der Waals surface area contributed by atoms with Gasteiger partial charge in [0.25, 0.3) is 5.69 Å². The predicted octanol–water partition coefficient (Wildman–Crippen LogP) is 4.28. The Morgan fingerprint density at radius 1 is 1.19 bits per heavy atom. The van der Waals surface area contributed by atoms with E-state index in [0.717, 1.165) is 5.56 Å². The molecule has 3 rings (SSSR count). The predicted molar refractivity (Wildman–Crippen MR) is 94.3 cm³/mol. The quantitative estimate of drug-likeness (QED) is 0.376. The summed E-state index contributed by atoms with van der Waals surface area (Å²) < 4.78 is 5.64. The Labute approximate surface area is 148 Å². The molecule has 0 unspecified atom stereocenters. The fraction of sp³-hybridized carbons (Fsp3) is 0.0526. The lowest BCUT2D eigenvalue weighted by Crippen LogP contribution is -1.92. The molecule has 128 valence electrons. The third-order valence-corrected chi connectivity index (χ3v) is 3.53. The Bertz CT molecular complexity index is 985. The molecule has 26 heavy (non-hydrogen) atoms. The SMILES string of the molecule is N#Cc1ccc(-c2ccc(/C=N\OCc3cccc([N+](=O)[O-])c3)o2)cc1. The molecular weight excluding hydrogens is 334 g/mol. The molecule has 2 aromatic carbocycles. The van der Waals surface area contributed by atoms with Gasteiger partial charge in [0.15, 0.2) is 0 Å². The van der Waals surface area contributed by atoms with E-state index < -0.39 is 4.92 Å². The highest BCUT2D eigenvalue weighted by Gasteiger charge is 2.06. The van der Waals surface area contributed by atoms with E-state index >= 15 is 0 Å². The van der Waals surface area contributed by atoms with Crippen LogP contribution in [0.4, 0.5) is 5.69 Å². The average molecular weight is 347 g/mol. The van der Waals surface area contributed by atoms with E-state index in [1.165, 1.54) is 18.3 Å². The van der Waals surface area contributed by atoms with Gasteiger partial charge in [-0.05, 0) is 42.0 Å². The van der Waals surface area contributed by atoms with Gasteiger partial charge < -0.3 is 9.25 Å². The van der Waals surface area contributed by atoms with Crippen LogP contribution in [0.3, 0.4) is 0 Å². The van der Waals surface area contributed by atoms with Crippen LogP contribution < -0.4 is 0 Å². The van der Waals surface area contributed by atoms with Crippen molar-refractivity contribution in [1.29, 1.82) is 5.26 Å². The minimum Gasteiger partial charge on any atom is -0.455 e. The number of rotatable bonds is 6. The fourth-order valence-electron chi connectivity index (χ4n) is 2.25. The standard InChI is InChI=1S/C19H13N3O4/c20-11-14-4-6-16(7-5-14)19-9-8-18(26-19)12-21-25-13-15-2-1-3-17(10-15)22(23)24/h1-10,12H,13H2/b21-12-. The molecule has 0 amide bonds. The molecular formula is C19H13N3O4. The van der Waals surface area contributed by atoms with Crippen molar-refractivity contribution >= 4 is 11.9 Å². The molecule has 0 fully saturated rings. The summed E-state index contributed by atoms with van der Waals surface area (Å²) >= 11 is 0. The Morgan fingerprint density at radius 2 is 2.00 bits per heavy atom. The highest BCUT2D eigenvalue weighted by molar-refractivity contribution is 5.77. The van der Waals surface area contributed by atoms with Crippen molar-refractivity contribution in [2.45, 2.75) is 6.61 Å². The Balaban J connectivity index is 1.59. The van der Waals surface area contributed by atoms with E-state index in [2.05, 4.69) is 11.2 Å². The van der Waals surface area contributed by atoms with Crippen molar-refractivity contribution in [3.8, 4) is 17.4 Å². The number of nitro groups is 1. The monoisotopic (exact) mass is 347 g/mol. The molecule has 1 aromatic heterocycles. The van der Waals surface area contributed by atoms with Crippen LogP contribution in [0.5, 0.6) is 0 Å². The second-order valence-corrected chi connectivity index (χ2v) is 5.33. The van der Waals surface area contributed by atoms with Crippen LogP contribution in [0.2, 0.25) is 0 Å². The lowest BCUT2D eigenvalue weighted by molar-refractivity contribution is -0.384. The molecule has 3 aromatic rings. The smallest absolute Gasteiger partial charge is 0.269 e. The van der Waals surface area contributed by atoms with Gasteiger partial charge in [0.05, 0.1) is 16.6 Å². The van der Waals surface area contributed by atoms with Crippen LogP contribution in [-0.4, -0.2) is 11.1 Å². The molecule has 7 nitrogen and oxygen atoms in total. The number of hydrogen-bond acceptors (Lipinski definition) is 6. The first kappa shape index (κ1) is 16.9. The molecule has 1 heterocycles. The summed E-state index contributed by atoms with van der Waals surface area (Å²) in [6.07, 6.45) is 1.42. The second kappa shape index (κ2) is 7.77. The molecule has 0 spiro atoms. The lowest BCUT2D eigenvalue weighted by atomic mass is 10.1. The number of nitriles is 1. The zero-order valence-corrected chi connectivity index (χ0v) is 13.5. The van der Waals surface area contributed by atoms with Crippen molar-refractivity contribution in [2.24, 2.45) is 5.16 Å². The second-order valence-electron chi connectivity index (χ2n) is 5.33. The van der Waals surface area contributed by atoms with E-state index in [4.69, 9.17) is 14.5 Å².